The first-order valence-corrected chi connectivity index (χ1v) is 10.8. The van der Waals surface area contributed by atoms with E-state index >= 15 is 0 Å². The van der Waals surface area contributed by atoms with E-state index in [1.165, 1.54) is 17.3 Å². The SMILES string of the molecule is CC(Sc1nc2ccccc2n1CCc1ccccc1)C(=O)NC(=O)NC1CC1. The summed E-state index contributed by atoms with van der Waals surface area (Å²) in [7, 11) is 0. The second kappa shape index (κ2) is 8.69. The number of rotatable bonds is 7. The van der Waals surface area contributed by atoms with Gasteiger partial charge < -0.3 is 9.88 Å². The van der Waals surface area contributed by atoms with Gasteiger partial charge in [0.25, 0.3) is 0 Å². The number of hydrogen-bond acceptors (Lipinski definition) is 4. The van der Waals surface area contributed by atoms with Crippen LogP contribution < -0.4 is 10.6 Å². The van der Waals surface area contributed by atoms with E-state index in [2.05, 4.69) is 27.3 Å². The first-order valence-electron chi connectivity index (χ1n) is 9.87. The molecule has 0 bridgehead atoms. The summed E-state index contributed by atoms with van der Waals surface area (Å²) in [5, 5.41) is 5.56. The number of nitrogens with zero attached hydrogens (tertiary/aromatic N) is 2. The minimum absolute atomic E-state index is 0.216. The van der Waals surface area contributed by atoms with Crippen LogP contribution >= 0.6 is 11.8 Å². The van der Waals surface area contributed by atoms with Gasteiger partial charge in [0.1, 0.15) is 0 Å². The zero-order valence-electron chi connectivity index (χ0n) is 16.3. The summed E-state index contributed by atoms with van der Waals surface area (Å²) in [5.74, 6) is -0.310. The Kier molecular flexibility index (Phi) is 5.85. The molecule has 7 heteroatoms. The Labute approximate surface area is 174 Å². The number of amides is 3. The lowest BCUT2D eigenvalue weighted by Gasteiger charge is -2.13. The van der Waals surface area contributed by atoms with Crippen LogP contribution in [0.15, 0.2) is 59.8 Å². The van der Waals surface area contributed by atoms with Crippen LogP contribution in [0.25, 0.3) is 11.0 Å². The fraction of sp³-hybridized carbons (Fsp3) is 0.318. The molecule has 2 N–H and O–H groups in total. The van der Waals surface area contributed by atoms with Gasteiger partial charge in [-0.2, -0.15) is 0 Å². The van der Waals surface area contributed by atoms with E-state index in [4.69, 9.17) is 4.98 Å². The Bertz CT molecular complexity index is 1010. The fourth-order valence-corrected chi connectivity index (χ4v) is 4.07. The van der Waals surface area contributed by atoms with Gasteiger partial charge in [0.2, 0.25) is 5.91 Å². The molecule has 4 rings (SSSR count). The number of hydrogen-bond donors (Lipinski definition) is 2. The van der Waals surface area contributed by atoms with Crippen molar-refractivity contribution in [3.8, 4) is 0 Å². The van der Waals surface area contributed by atoms with Gasteiger partial charge in [-0.3, -0.25) is 10.1 Å². The van der Waals surface area contributed by atoms with Gasteiger partial charge in [-0.25, -0.2) is 9.78 Å². The van der Waals surface area contributed by atoms with Crippen LogP contribution in [0.5, 0.6) is 0 Å². The lowest BCUT2D eigenvalue weighted by Crippen LogP contribution is -2.43. The molecular formula is C22H24N4O2S. The van der Waals surface area contributed by atoms with Crippen molar-refractivity contribution in [2.75, 3.05) is 0 Å². The van der Waals surface area contributed by atoms with Gasteiger partial charge in [0.05, 0.1) is 16.3 Å². The lowest BCUT2D eigenvalue weighted by molar-refractivity contribution is -0.119. The molecule has 1 saturated carbocycles. The van der Waals surface area contributed by atoms with Crippen molar-refractivity contribution in [3.05, 3.63) is 60.2 Å². The van der Waals surface area contributed by atoms with E-state index in [0.29, 0.717) is 0 Å². The lowest BCUT2D eigenvalue weighted by atomic mass is 10.1. The van der Waals surface area contributed by atoms with Crippen molar-refractivity contribution < 1.29 is 9.59 Å². The predicted octanol–water partition coefficient (Wildman–Crippen LogP) is 3.75. The molecular weight excluding hydrogens is 384 g/mol. The van der Waals surface area contributed by atoms with Crippen LogP contribution in [0, 0.1) is 0 Å². The van der Waals surface area contributed by atoms with Gasteiger partial charge in [-0.15, -0.1) is 0 Å². The molecule has 0 aliphatic heterocycles. The summed E-state index contributed by atoms with van der Waals surface area (Å²) in [6, 6.07) is 18.1. The number of fused-ring (bicyclic) bond motifs is 1. The van der Waals surface area contributed by atoms with Crippen molar-refractivity contribution in [2.24, 2.45) is 0 Å². The summed E-state index contributed by atoms with van der Waals surface area (Å²) in [5.41, 5.74) is 3.20. The number of benzene rings is 2. The number of carbonyl (C=O) groups is 2. The molecule has 6 nitrogen and oxygen atoms in total. The Morgan fingerprint density at radius 2 is 1.86 bits per heavy atom. The maximum Gasteiger partial charge on any atom is 0.321 e. The monoisotopic (exact) mass is 408 g/mol. The third-order valence-corrected chi connectivity index (χ3v) is 5.98. The molecule has 0 radical (unpaired) electrons. The highest BCUT2D eigenvalue weighted by molar-refractivity contribution is 8.00. The van der Waals surface area contributed by atoms with Crippen LogP contribution in [0.4, 0.5) is 4.79 Å². The molecule has 3 amide bonds. The second-order valence-corrected chi connectivity index (χ2v) is 8.58. The van der Waals surface area contributed by atoms with E-state index in [0.717, 1.165) is 42.0 Å². The number of imidazole rings is 1. The number of imide groups is 1. The van der Waals surface area contributed by atoms with Gasteiger partial charge >= 0.3 is 6.03 Å². The Balaban J connectivity index is 1.48. The highest BCUT2D eigenvalue weighted by atomic mass is 32.2. The van der Waals surface area contributed by atoms with Crippen LogP contribution in [-0.4, -0.2) is 32.8 Å². The van der Waals surface area contributed by atoms with Gasteiger partial charge in [0, 0.05) is 12.6 Å². The quantitative estimate of drug-likeness (QED) is 0.584. The van der Waals surface area contributed by atoms with Crippen molar-refractivity contribution in [1.82, 2.24) is 20.2 Å². The third-order valence-electron chi connectivity index (χ3n) is 4.89. The molecule has 2 aromatic carbocycles. The summed E-state index contributed by atoms with van der Waals surface area (Å²) < 4.78 is 2.15. The molecule has 1 unspecified atom stereocenters. The maximum absolute atomic E-state index is 12.4. The molecule has 1 aromatic heterocycles. The topological polar surface area (TPSA) is 76.0 Å². The Morgan fingerprint density at radius 3 is 2.62 bits per heavy atom. The molecule has 3 aromatic rings. The van der Waals surface area contributed by atoms with Crippen LogP contribution in [0.1, 0.15) is 25.3 Å². The second-order valence-electron chi connectivity index (χ2n) is 7.27. The van der Waals surface area contributed by atoms with Gasteiger partial charge in [-0.05, 0) is 43.9 Å². The largest absolute Gasteiger partial charge is 0.335 e. The number of urea groups is 1. The van der Waals surface area contributed by atoms with Crippen LogP contribution in [-0.2, 0) is 17.8 Å². The van der Waals surface area contributed by atoms with E-state index in [-0.39, 0.29) is 11.9 Å². The smallest absolute Gasteiger partial charge is 0.321 e. The van der Waals surface area contributed by atoms with Crippen LogP contribution in [0.3, 0.4) is 0 Å². The van der Waals surface area contributed by atoms with Crippen molar-refractivity contribution in [2.45, 2.75) is 49.2 Å². The molecule has 1 fully saturated rings. The Hall–Kier alpha value is -2.80. The van der Waals surface area contributed by atoms with E-state index in [1.807, 2.05) is 42.5 Å². The number of thioether (sulfide) groups is 1. The van der Waals surface area contributed by atoms with E-state index < -0.39 is 11.3 Å². The molecule has 1 heterocycles. The van der Waals surface area contributed by atoms with Crippen molar-refractivity contribution in [1.29, 1.82) is 0 Å². The minimum Gasteiger partial charge on any atom is -0.335 e. The molecule has 0 saturated heterocycles. The number of carbonyl (C=O) groups excluding carboxylic acids is 2. The van der Waals surface area contributed by atoms with E-state index in [1.54, 1.807) is 6.92 Å². The normalized spacial score (nSPS) is 14.5. The standard InChI is InChI=1S/C22H24N4O2S/c1-15(20(27)25-21(28)23-17-11-12-17)29-22-24-18-9-5-6-10-19(18)26(22)14-13-16-7-3-2-4-8-16/h2-10,15,17H,11-14H2,1H3,(H2,23,25,27,28). The summed E-state index contributed by atoms with van der Waals surface area (Å²) in [6.45, 7) is 2.56. The highest BCUT2D eigenvalue weighted by Gasteiger charge is 2.26. The summed E-state index contributed by atoms with van der Waals surface area (Å²) in [4.78, 5) is 29.0. The molecule has 1 atom stereocenters. The highest BCUT2D eigenvalue weighted by Crippen LogP contribution is 2.28. The van der Waals surface area contributed by atoms with Crippen molar-refractivity contribution >= 4 is 34.7 Å². The zero-order valence-corrected chi connectivity index (χ0v) is 17.1. The molecule has 1 aliphatic rings. The van der Waals surface area contributed by atoms with Crippen LogP contribution in [0.2, 0.25) is 0 Å². The maximum atomic E-state index is 12.4. The summed E-state index contributed by atoms with van der Waals surface area (Å²) >= 11 is 1.38. The zero-order chi connectivity index (χ0) is 20.2. The fourth-order valence-electron chi connectivity index (χ4n) is 3.12. The molecule has 1 aliphatic carbocycles. The third kappa shape index (κ3) is 4.98. The van der Waals surface area contributed by atoms with E-state index in [9.17, 15) is 9.59 Å². The Morgan fingerprint density at radius 1 is 1.14 bits per heavy atom. The molecule has 0 spiro atoms. The summed E-state index contributed by atoms with van der Waals surface area (Å²) in [6.07, 6.45) is 2.84. The number of nitrogens with one attached hydrogen (secondary N) is 2. The average Bonchev–Trinajstić information content (AvgIpc) is 3.46. The van der Waals surface area contributed by atoms with Gasteiger partial charge in [-0.1, -0.05) is 54.2 Å². The van der Waals surface area contributed by atoms with Crippen molar-refractivity contribution in [3.63, 3.8) is 0 Å². The molecule has 150 valence electrons. The first kappa shape index (κ1) is 19.5. The van der Waals surface area contributed by atoms with Gasteiger partial charge in [0.15, 0.2) is 5.16 Å². The first-order chi connectivity index (χ1) is 14.1. The average molecular weight is 409 g/mol. The minimum atomic E-state index is -0.438. The number of aryl methyl sites for hydroxylation is 2. The number of para-hydroxylation sites is 2. The molecule has 29 heavy (non-hydrogen) atoms. The number of aromatic nitrogens is 2. The predicted molar refractivity (Wildman–Crippen MR) is 115 cm³/mol.